The number of esters is 1. The van der Waals surface area contributed by atoms with E-state index in [9.17, 15) is 4.79 Å². The molecule has 4 rings (SSSR count). The number of ether oxygens (including phenoxy) is 3. The Morgan fingerprint density at radius 3 is 2.12 bits per heavy atom. The monoisotopic (exact) mass is 448 g/mol. The zero-order chi connectivity index (χ0) is 23.4. The molecule has 2 aromatic carbocycles. The summed E-state index contributed by atoms with van der Waals surface area (Å²) in [5, 5.41) is 7.99. The van der Waals surface area contributed by atoms with Crippen LogP contribution in [0.25, 0.3) is 11.4 Å². The highest BCUT2D eigenvalue weighted by Crippen LogP contribution is 2.37. The molecule has 0 spiro atoms. The van der Waals surface area contributed by atoms with Gasteiger partial charge in [-0.3, -0.25) is 0 Å². The fourth-order valence-electron chi connectivity index (χ4n) is 3.83. The summed E-state index contributed by atoms with van der Waals surface area (Å²) in [5.41, 5.74) is 2.91. The number of carbonyl (C=O) groups is 1. The molecule has 0 amide bonds. The van der Waals surface area contributed by atoms with Crippen molar-refractivity contribution in [3.05, 3.63) is 65.4 Å². The fourth-order valence-corrected chi connectivity index (χ4v) is 3.83. The molecule has 1 aliphatic rings. The summed E-state index contributed by atoms with van der Waals surface area (Å²) in [6, 6.07) is 14.8. The van der Waals surface area contributed by atoms with Gasteiger partial charge in [-0.1, -0.05) is 12.1 Å². The zero-order valence-corrected chi connectivity index (χ0v) is 19.3. The molecule has 33 heavy (non-hydrogen) atoms. The van der Waals surface area contributed by atoms with Crippen molar-refractivity contribution in [1.29, 1.82) is 0 Å². The third kappa shape index (κ3) is 4.55. The first-order valence-corrected chi connectivity index (χ1v) is 11.1. The Morgan fingerprint density at radius 1 is 0.939 bits per heavy atom. The van der Waals surface area contributed by atoms with Gasteiger partial charge in [0, 0.05) is 11.3 Å². The molecule has 1 atom stereocenters. The van der Waals surface area contributed by atoms with Crippen molar-refractivity contribution in [2.24, 2.45) is 0 Å². The van der Waals surface area contributed by atoms with Crippen molar-refractivity contribution in [3.8, 4) is 22.9 Å². The SMILES string of the molecule is CCOC(=O)C1=C(C)Nc2nc(-c3ccc(OCC)cc3)nn2C1c1ccc(OCC)cc1. The number of benzene rings is 2. The van der Waals surface area contributed by atoms with E-state index in [0.29, 0.717) is 36.3 Å². The summed E-state index contributed by atoms with van der Waals surface area (Å²) in [6.45, 7) is 9.00. The van der Waals surface area contributed by atoms with Gasteiger partial charge in [-0.05, 0) is 69.7 Å². The van der Waals surface area contributed by atoms with E-state index < -0.39 is 6.04 Å². The average Bonchev–Trinajstić information content (AvgIpc) is 3.23. The quantitative estimate of drug-likeness (QED) is 0.504. The number of hydrogen-bond donors (Lipinski definition) is 1. The van der Waals surface area contributed by atoms with Gasteiger partial charge in [-0.25, -0.2) is 9.48 Å². The molecule has 1 unspecified atom stereocenters. The summed E-state index contributed by atoms with van der Waals surface area (Å²) >= 11 is 0. The van der Waals surface area contributed by atoms with E-state index >= 15 is 0 Å². The third-order valence-corrected chi connectivity index (χ3v) is 5.28. The lowest BCUT2D eigenvalue weighted by Gasteiger charge is -2.28. The first-order chi connectivity index (χ1) is 16.0. The number of rotatable bonds is 8. The highest BCUT2D eigenvalue weighted by Gasteiger charge is 2.35. The topological polar surface area (TPSA) is 87.5 Å². The van der Waals surface area contributed by atoms with Crippen LogP contribution in [0, 0.1) is 0 Å². The third-order valence-electron chi connectivity index (χ3n) is 5.28. The number of allylic oxidation sites excluding steroid dienone is 1. The van der Waals surface area contributed by atoms with Crippen LogP contribution in [-0.4, -0.2) is 40.6 Å². The molecule has 8 heteroatoms. The molecule has 0 saturated heterocycles. The Labute approximate surface area is 193 Å². The highest BCUT2D eigenvalue weighted by molar-refractivity contribution is 5.92. The molecule has 0 fully saturated rings. The predicted molar refractivity (Wildman–Crippen MR) is 125 cm³/mol. The van der Waals surface area contributed by atoms with E-state index in [4.69, 9.17) is 24.3 Å². The lowest BCUT2D eigenvalue weighted by atomic mass is 9.96. The molecular weight excluding hydrogens is 420 g/mol. The molecule has 1 aliphatic heterocycles. The molecule has 0 aliphatic carbocycles. The van der Waals surface area contributed by atoms with Crippen molar-refractivity contribution in [2.75, 3.05) is 25.1 Å². The van der Waals surface area contributed by atoms with Gasteiger partial charge in [0.25, 0.3) is 0 Å². The second kappa shape index (κ2) is 9.77. The minimum atomic E-state index is -0.486. The van der Waals surface area contributed by atoms with Crippen LogP contribution in [0.5, 0.6) is 11.5 Å². The van der Waals surface area contributed by atoms with Gasteiger partial charge in [-0.15, -0.1) is 5.10 Å². The lowest BCUT2D eigenvalue weighted by molar-refractivity contribution is -0.139. The summed E-state index contributed by atoms with van der Waals surface area (Å²) < 4.78 is 18.2. The second-order valence-corrected chi connectivity index (χ2v) is 7.45. The molecule has 8 nitrogen and oxygen atoms in total. The van der Waals surface area contributed by atoms with E-state index in [1.165, 1.54) is 0 Å². The van der Waals surface area contributed by atoms with Crippen molar-refractivity contribution in [3.63, 3.8) is 0 Å². The Kier molecular flexibility index (Phi) is 6.63. The van der Waals surface area contributed by atoms with Crippen molar-refractivity contribution in [1.82, 2.24) is 14.8 Å². The van der Waals surface area contributed by atoms with Crippen LogP contribution in [0.15, 0.2) is 59.8 Å². The van der Waals surface area contributed by atoms with Crippen molar-refractivity contribution < 1.29 is 19.0 Å². The Hall–Kier alpha value is -3.81. The van der Waals surface area contributed by atoms with Crippen molar-refractivity contribution in [2.45, 2.75) is 33.7 Å². The van der Waals surface area contributed by atoms with Crippen LogP contribution in [0.4, 0.5) is 5.95 Å². The van der Waals surface area contributed by atoms with E-state index in [1.54, 1.807) is 11.6 Å². The maximum Gasteiger partial charge on any atom is 0.338 e. The van der Waals surface area contributed by atoms with E-state index in [0.717, 1.165) is 22.6 Å². The normalized spacial score (nSPS) is 15.0. The Balaban J connectivity index is 1.77. The van der Waals surface area contributed by atoms with Gasteiger partial charge in [0.15, 0.2) is 5.82 Å². The van der Waals surface area contributed by atoms with Crippen molar-refractivity contribution >= 4 is 11.9 Å². The molecule has 172 valence electrons. The van der Waals surface area contributed by atoms with Gasteiger partial charge in [0.05, 0.1) is 25.4 Å². The highest BCUT2D eigenvalue weighted by atomic mass is 16.5. The lowest BCUT2D eigenvalue weighted by Crippen LogP contribution is -2.29. The largest absolute Gasteiger partial charge is 0.494 e. The number of nitrogens with one attached hydrogen (secondary N) is 1. The summed E-state index contributed by atoms with van der Waals surface area (Å²) in [7, 11) is 0. The number of aromatic nitrogens is 3. The average molecular weight is 449 g/mol. The molecule has 0 bridgehead atoms. The summed E-state index contributed by atoms with van der Waals surface area (Å²) in [4.78, 5) is 17.6. The summed E-state index contributed by atoms with van der Waals surface area (Å²) in [6.07, 6.45) is 0. The Morgan fingerprint density at radius 2 is 1.55 bits per heavy atom. The van der Waals surface area contributed by atoms with Gasteiger partial charge in [-0.2, -0.15) is 4.98 Å². The molecule has 1 aromatic heterocycles. The first-order valence-electron chi connectivity index (χ1n) is 11.1. The maximum atomic E-state index is 12.9. The van der Waals surface area contributed by atoms with Gasteiger partial charge >= 0.3 is 5.97 Å². The molecule has 0 saturated carbocycles. The number of nitrogens with zero attached hydrogens (tertiary/aromatic N) is 3. The second-order valence-electron chi connectivity index (χ2n) is 7.45. The first kappa shape index (κ1) is 22.4. The van der Waals surface area contributed by atoms with Gasteiger partial charge < -0.3 is 19.5 Å². The van der Waals surface area contributed by atoms with E-state index in [1.807, 2.05) is 69.3 Å². The van der Waals surface area contributed by atoms with Crippen LogP contribution >= 0.6 is 0 Å². The van der Waals surface area contributed by atoms with Crippen LogP contribution in [0.3, 0.4) is 0 Å². The number of carbonyl (C=O) groups excluding carboxylic acids is 1. The molecule has 0 radical (unpaired) electrons. The minimum Gasteiger partial charge on any atom is -0.494 e. The van der Waals surface area contributed by atoms with Gasteiger partial charge in [0.2, 0.25) is 5.95 Å². The zero-order valence-electron chi connectivity index (χ0n) is 19.3. The number of fused-ring (bicyclic) bond motifs is 1. The number of hydrogen-bond acceptors (Lipinski definition) is 7. The molecule has 1 N–H and O–H groups in total. The van der Waals surface area contributed by atoms with Crippen LogP contribution in [0.2, 0.25) is 0 Å². The van der Waals surface area contributed by atoms with Crippen LogP contribution in [0.1, 0.15) is 39.3 Å². The molecular formula is C25H28N4O4. The fraction of sp³-hybridized carbons (Fsp3) is 0.320. The molecule has 2 heterocycles. The standard InChI is InChI=1S/C25H28N4O4/c1-5-31-19-12-8-17(9-13-19)22-21(24(30)33-7-3)16(4)26-25-27-23(28-29(22)25)18-10-14-20(15-11-18)32-6-2/h8-15,22H,5-7H2,1-4H3,(H,26,27,28). The number of anilines is 1. The van der Waals surface area contributed by atoms with E-state index in [2.05, 4.69) is 5.32 Å². The Bertz CT molecular complexity index is 1150. The van der Waals surface area contributed by atoms with E-state index in [-0.39, 0.29) is 12.6 Å². The smallest absolute Gasteiger partial charge is 0.338 e. The molecule has 3 aromatic rings. The minimum absolute atomic E-state index is 0.285. The van der Waals surface area contributed by atoms with Crippen LogP contribution in [-0.2, 0) is 9.53 Å². The summed E-state index contributed by atoms with van der Waals surface area (Å²) in [5.74, 6) is 2.28. The maximum absolute atomic E-state index is 12.9. The predicted octanol–water partition coefficient (Wildman–Crippen LogP) is 4.59. The van der Waals surface area contributed by atoms with Gasteiger partial charge in [0.1, 0.15) is 17.5 Å². The van der Waals surface area contributed by atoms with Crippen LogP contribution < -0.4 is 14.8 Å².